The molecule has 0 bridgehead atoms. The van der Waals surface area contributed by atoms with Crippen LogP contribution in [0.2, 0.25) is 10.0 Å². The molecule has 1 heterocycles. The number of para-hydroxylation sites is 2. The molecule has 0 spiro atoms. The third-order valence-electron chi connectivity index (χ3n) is 6.91. The molecule has 0 radical (unpaired) electrons. The molecule has 3 aromatic rings. The molecule has 214 valence electrons. The molecule has 9 heteroatoms. The van der Waals surface area contributed by atoms with Crippen molar-refractivity contribution >= 4 is 62.2 Å². The molecule has 3 aromatic carbocycles. The third-order valence-corrected chi connectivity index (χ3v) is 8.19. The Balaban J connectivity index is 1.17. The van der Waals surface area contributed by atoms with E-state index in [1.807, 2.05) is 30.3 Å². The summed E-state index contributed by atoms with van der Waals surface area (Å²) < 4.78 is 12.3. The van der Waals surface area contributed by atoms with Gasteiger partial charge < -0.3 is 20.5 Å². The summed E-state index contributed by atoms with van der Waals surface area (Å²) in [5.74, 6) is -0.284. The lowest BCUT2D eigenvalue weighted by Gasteiger charge is -2.27. The Kier molecular flexibility index (Phi) is 12.0. The minimum absolute atomic E-state index is 0.146. The maximum Gasteiger partial charge on any atom is 0.310 e. The number of likely N-dealkylation sites (tertiary alicyclic amines) is 1. The molecule has 1 aliphatic heterocycles. The summed E-state index contributed by atoms with van der Waals surface area (Å²) in [6, 6.07) is 17.0. The van der Waals surface area contributed by atoms with Crippen LogP contribution in [0, 0.1) is 0 Å². The Morgan fingerprint density at radius 2 is 1.68 bits per heavy atom. The van der Waals surface area contributed by atoms with Gasteiger partial charge in [-0.05, 0) is 95.7 Å². The summed E-state index contributed by atoms with van der Waals surface area (Å²) in [6.07, 6.45) is 5.49. The van der Waals surface area contributed by atoms with Gasteiger partial charge in [0, 0.05) is 23.3 Å². The second-order valence-corrected chi connectivity index (χ2v) is 11.7. The topological polar surface area (TPSA) is 76.8 Å². The Bertz CT molecular complexity index is 1260. The highest BCUT2D eigenvalue weighted by molar-refractivity contribution is 9.10. The van der Waals surface area contributed by atoms with Crippen molar-refractivity contribution in [1.29, 1.82) is 0 Å². The number of rotatable bonds is 13. The Morgan fingerprint density at radius 1 is 0.950 bits per heavy atom. The van der Waals surface area contributed by atoms with E-state index in [0.29, 0.717) is 35.6 Å². The zero-order valence-corrected chi connectivity index (χ0v) is 25.7. The fourth-order valence-electron chi connectivity index (χ4n) is 4.75. The molecular weight excluding hydrogens is 613 g/mol. The molecule has 3 N–H and O–H groups in total. The fourth-order valence-corrected chi connectivity index (χ4v) is 5.79. The summed E-state index contributed by atoms with van der Waals surface area (Å²) >= 11 is 16.2. The van der Waals surface area contributed by atoms with Crippen LogP contribution in [0.3, 0.4) is 0 Å². The second-order valence-electron chi connectivity index (χ2n) is 10.0. The molecule has 0 amide bonds. The van der Waals surface area contributed by atoms with Crippen molar-refractivity contribution in [3.05, 3.63) is 85.8 Å². The number of unbranched alkanes of at least 4 members (excludes halogenated alkanes) is 1. The minimum atomic E-state index is -0.284. The lowest BCUT2D eigenvalue weighted by molar-refractivity contribution is -0.143. The number of ether oxygens (including phenoxy) is 2. The van der Waals surface area contributed by atoms with E-state index in [0.717, 1.165) is 65.0 Å². The highest BCUT2D eigenvalue weighted by Crippen LogP contribution is 2.34. The first-order chi connectivity index (χ1) is 19.4. The van der Waals surface area contributed by atoms with E-state index in [-0.39, 0.29) is 12.4 Å². The summed E-state index contributed by atoms with van der Waals surface area (Å²) in [7, 11) is 0. The maximum atomic E-state index is 12.5. The van der Waals surface area contributed by atoms with E-state index in [4.69, 9.17) is 38.4 Å². The van der Waals surface area contributed by atoms with Gasteiger partial charge in [0.25, 0.3) is 0 Å². The molecule has 4 rings (SSSR count). The van der Waals surface area contributed by atoms with Crippen molar-refractivity contribution in [1.82, 2.24) is 4.90 Å². The zero-order valence-electron chi connectivity index (χ0n) is 22.6. The molecule has 1 saturated heterocycles. The van der Waals surface area contributed by atoms with Crippen LogP contribution in [0.5, 0.6) is 0 Å². The van der Waals surface area contributed by atoms with Crippen molar-refractivity contribution < 1.29 is 14.3 Å². The molecular formula is C31H36BrCl2N3O3. The van der Waals surface area contributed by atoms with Crippen molar-refractivity contribution in [3.8, 4) is 0 Å². The maximum absolute atomic E-state index is 12.5. The van der Waals surface area contributed by atoms with E-state index >= 15 is 0 Å². The van der Waals surface area contributed by atoms with Crippen molar-refractivity contribution in [2.75, 3.05) is 37.4 Å². The normalized spacial score (nSPS) is 13.8. The predicted octanol–water partition coefficient (Wildman–Crippen LogP) is 8.15. The number of carbonyl (C=O) groups is 1. The smallest absolute Gasteiger partial charge is 0.310 e. The van der Waals surface area contributed by atoms with Gasteiger partial charge in [-0.1, -0.05) is 60.0 Å². The number of esters is 1. The monoisotopic (exact) mass is 647 g/mol. The minimum Gasteiger partial charge on any atom is -0.465 e. The number of nitrogens with zero attached hydrogens (tertiary/aromatic N) is 1. The van der Waals surface area contributed by atoms with E-state index < -0.39 is 0 Å². The van der Waals surface area contributed by atoms with Crippen molar-refractivity contribution in [2.24, 2.45) is 0 Å². The van der Waals surface area contributed by atoms with Gasteiger partial charge >= 0.3 is 5.97 Å². The standard InChI is InChI=1S/C31H36BrCl2N3O3/c32-25-18-22(17-24(30(25)35)20-37-13-4-1-5-14-37)21-39-15-6-7-16-40-29(38)19-23-9-2-3-12-28(23)36-31-26(33)10-8-11-27(31)34/h2-3,8-12,17-18,36H,1,4-7,13-16,19-21,35H2. The summed E-state index contributed by atoms with van der Waals surface area (Å²) in [6.45, 7) is 4.59. The van der Waals surface area contributed by atoms with Crippen molar-refractivity contribution in [2.45, 2.75) is 51.7 Å². The average molecular weight is 649 g/mol. The second kappa shape index (κ2) is 15.6. The first-order valence-electron chi connectivity index (χ1n) is 13.7. The molecule has 0 aromatic heterocycles. The van der Waals surface area contributed by atoms with Gasteiger partial charge in [0.1, 0.15) is 0 Å². The first-order valence-corrected chi connectivity index (χ1v) is 15.3. The molecule has 1 fully saturated rings. The highest BCUT2D eigenvalue weighted by atomic mass is 79.9. The first kappa shape index (κ1) is 30.7. The SMILES string of the molecule is Nc1c(Br)cc(COCCCCOC(=O)Cc2ccccc2Nc2c(Cl)cccc2Cl)cc1CN1CCCCC1. The molecule has 0 atom stereocenters. The van der Waals surface area contributed by atoms with Crippen LogP contribution in [-0.4, -0.2) is 37.2 Å². The molecule has 0 unspecified atom stereocenters. The van der Waals surface area contributed by atoms with E-state index in [9.17, 15) is 4.79 Å². The molecule has 0 aliphatic carbocycles. The van der Waals surface area contributed by atoms with Crippen LogP contribution < -0.4 is 11.1 Å². The van der Waals surface area contributed by atoms with Gasteiger partial charge in [-0.25, -0.2) is 0 Å². The molecule has 6 nitrogen and oxygen atoms in total. The van der Waals surface area contributed by atoms with Crippen LogP contribution in [0.4, 0.5) is 17.1 Å². The van der Waals surface area contributed by atoms with E-state index in [1.165, 1.54) is 19.3 Å². The van der Waals surface area contributed by atoms with Gasteiger partial charge in [-0.15, -0.1) is 0 Å². The zero-order chi connectivity index (χ0) is 28.3. The molecule has 40 heavy (non-hydrogen) atoms. The van der Waals surface area contributed by atoms with Crippen LogP contribution in [0.25, 0.3) is 0 Å². The number of carbonyl (C=O) groups excluding carboxylic acids is 1. The van der Waals surface area contributed by atoms with Gasteiger partial charge in [0.15, 0.2) is 0 Å². The number of halogens is 3. The largest absolute Gasteiger partial charge is 0.465 e. The molecule has 0 saturated carbocycles. The summed E-state index contributed by atoms with van der Waals surface area (Å²) in [5.41, 5.74) is 11.6. The lowest BCUT2D eigenvalue weighted by atomic mass is 10.1. The summed E-state index contributed by atoms with van der Waals surface area (Å²) in [5, 5.41) is 4.26. The van der Waals surface area contributed by atoms with Crippen LogP contribution in [-0.2, 0) is 33.8 Å². The third kappa shape index (κ3) is 9.11. The van der Waals surface area contributed by atoms with Gasteiger partial charge in [0.2, 0.25) is 0 Å². The quantitative estimate of drug-likeness (QED) is 0.111. The van der Waals surface area contributed by atoms with Crippen molar-refractivity contribution in [3.63, 3.8) is 0 Å². The lowest BCUT2D eigenvalue weighted by Crippen LogP contribution is -2.29. The Hall–Kier alpha value is -2.29. The number of benzene rings is 3. The van der Waals surface area contributed by atoms with Gasteiger partial charge in [-0.2, -0.15) is 0 Å². The Labute approximate surface area is 255 Å². The van der Waals surface area contributed by atoms with Crippen LogP contribution in [0.15, 0.2) is 59.1 Å². The van der Waals surface area contributed by atoms with E-state index in [1.54, 1.807) is 18.2 Å². The number of piperidine rings is 1. The number of hydrogen-bond acceptors (Lipinski definition) is 6. The number of hydrogen-bond donors (Lipinski definition) is 2. The fraction of sp³-hybridized carbons (Fsp3) is 0.387. The number of anilines is 3. The van der Waals surface area contributed by atoms with Gasteiger partial charge in [-0.3, -0.25) is 9.69 Å². The number of nitrogens with two attached hydrogens (primary N) is 1. The summed E-state index contributed by atoms with van der Waals surface area (Å²) in [4.78, 5) is 15.0. The number of nitrogens with one attached hydrogen (secondary N) is 1. The average Bonchev–Trinajstić information content (AvgIpc) is 2.94. The predicted molar refractivity (Wildman–Crippen MR) is 167 cm³/mol. The van der Waals surface area contributed by atoms with Gasteiger partial charge in [0.05, 0.1) is 41.1 Å². The highest BCUT2D eigenvalue weighted by Gasteiger charge is 2.15. The number of nitrogen functional groups attached to an aromatic ring is 1. The van der Waals surface area contributed by atoms with Crippen LogP contribution in [0.1, 0.15) is 48.8 Å². The van der Waals surface area contributed by atoms with Crippen LogP contribution >= 0.6 is 39.1 Å². The molecule has 1 aliphatic rings. The Morgan fingerprint density at radius 3 is 2.45 bits per heavy atom. The van der Waals surface area contributed by atoms with E-state index in [2.05, 4.69) is 32.2 Å².